The molecule has 4 nitrogen and oxygen atoms in total. The molecule has 78 valence electrons. The van der Waals surface area contributed by atoms with E-state index >= 15 is 0 Å². The summed E-state index contributed by atoms with van der Waals surface area (Å²) in [5.74, 6) is 0. The summed E-state index contributed by atoms with van der Waals surface area (Å²) in [5.41, 5.74) is 1.42. The van der Waals surface area contributed by atoms with Crippen molar-refractivity contribution in [1.29, 1.82) is 5.26 Å². The normalized spacial score (nSPS) is 17.0. The molecule has 15 heavy (non-hydrogen) atoms. The lowest BCUT2D eigenvalue weighted by atomic mass is 10.1. The molecule has 1 saturated heterocycles. The molecule has 1 aliphatic heterocycles. The molecule has 4 heteroatoms. The Morgan fingerprint density at radius 2 is 2.27 bits per heavy atom. The van der Waals surface area contributed by atoms with Crippen molar-refractivity contribution >= 4 is 5.69 Å². The van der Waals surface area contributed by atoms with Crippen molar-refractivity contribution in [1.82, 2.24) is 4.98 Å². The molecule has 0 radical (unpaired) electrons. The van der Waals surface area contributed by atoms with Gasteiger partial charge in [0.1, 0.15) is 11.8 Å². The van der Waals surface area contributed by atoms with Crippen LogP contribution in [0.15, 0.2) is 18.3 Å². The molecule has 1 aliphatic rings. The number of nitrogens with one attached hydrogen (secondary N) is 1. The van der Waals surface area contributed by atoms with Crippen molar-refractivity contribution in [3.63, 3.8) is 0 Å². The summed E-state index contributed by atoms with van der Waals surface area (Å²) >= 11 is 0. The van der Waals surface area contributed by atoms with Crippen LogP contribution in [0, 0.1) is 11.3 Å². The summed E-state index contributed by atoms with van der Waals surface area (Å²) in [6, 6.07) is 6.14. The standard InChI is InChI=1S/C11H13N3O/c12-8-11-7-10(1-4-13-11)14-9-2-5-15-6-3-9/h1,4,7,9H,2-3,5-6H2,(H,13,14). The largest absolute Gasteiger partial charge is 0.382 e. The Bertz CT molecular complexity index is 366. The summed E-state index contributed by atoms with van der Waals surface area (Å²) in [7, 11) is 0. The van der Waals surface area contributed by atoms with E-state index in [9.17, 15) is 0 Å². The van der Waals surface area contributed by atoms with Crippen molar-refractivity contribution in [2.24, 2.45) is 0 Å². The number of nitrogens with zero attached hydrogens (tertiary/aromatic N) is 2. The molecule has 0 spiro atoms. The molecule has 2 heterocycles. The molecule has 0 bridgehead atoms. The van der Waals surface area contributed by atoms with Gasteiger partial charge < -0.3 is 10.1 Å². The second-order valence-corrected chi connectivity index (χ2v) is 3.57. The first-order valence-corrected chi connectivity index (χ1v) is 5.09. The van der Waals surface area contributed by atoms with E-state index in [2.05, 4.69) is 10.3 Å². The van der Waals surface area contributed by atoms with Gasteiger partial charge in [0.2, 0.25) is 0 Å². The highest BCUT2D eigenvalue weighted by Gasteiger charge is 2.13. The summed E-state index contributed by atoms with van der Waals surface area (Å²) in [6.07, 6.45) is 3.69. The molecular formula is C11H13N3O. The molecule has 0 atom stereocenters. The second kappa shape index (κ2) is 4.76. The predicted octanol–water partition coefficient (Wildman–Crippen LogP) is 1.54. The number of nitriles is 1. The highest BCUT2D eigenvalue weighted by atomic mass is 16.5. The molecule has 0 aliphatic carbocycles. The highest BCUT2D eigenvalue weighted by Crippen LogP contribution is 2.14. The first kappa shape index (κ1) is 9.94. The third-order valence-corrected chi connectivity index (χ3v) is 2.47. The third-order valence-electron chi connectivity index (χ3n) is 2.47. The van der Waals surface area contributed by atoms with E-state index in [0.717, 1.165) is 31.7 Å². The summed E-state index contributed by atoms with van der Waals surface area (Å²) in [6.45, 7) is 1.63. The SMILES string of the molecule is N#Cc1cc(NC2CCOCC2)ccn1. The van der Waals surface area contributed by atoms with Gasteiger partial charge in [-0.05, 0) is 25.0 Å². The quantitative estimate of drug-likeness (QED) is 0.792. The lowest BCUT2D eigenvalue weighted by Gasteiger charge is -2.24. The number of hydrogen-bond acceptors (Lipinski definition) is 4. The van der Waals surface area contributed by atoms with Crippen LogP contribution in [-0.2, 0) is 4.74 Å². The van der Waals surface area contributed by atoms with Crippen molar-refractivity contribution in [2.45, 2.75) is 18.9 Å². The van der Waals surface area contributed by atoms with Crippen LogP contribution in [0.3, 0.4) is 0 Å². The number of aromatic nitrogens is 1. The van der Waals surface area contributed by atoms with Gasteiger partial charge in [-0.25, -0.2) is 4.98 Å². The molecule has 1 N–H and O–H groups in total. The van der Waals surface area contributed by atoms with Gasteiger partial charge in [-0.3, -0.25) is 0 Å². The van der Waals surface area contributed by atoms with Crippen LogP contribution < -0.4 is 5.32 Å². The Labute approximate surface area is 88.9 Å². The maximum atomic E-state index is 8.71. The molecule has 1 fully saturated rings. The van der Waals surface area contributed by atoms with Gasteiger partial charge in [-0.1, -0.05) is 0 Å². The van der Waals surface area contributed by atoms with E-state index in [0.29, 0.717) is 11.7 Å². The number of hydrogen-bond donors (Lipinski definition) is 1. The van der Waals surface area contributed by atoms with Crippen LogP contribution in [0.4, 0.5) is 5.69 Å². The van der Waals surface area contributed by atoms with E-state index in [1.807, 2.05) is 12.1 Å². The number of ether oxygens (including phenoxy) is 1. The van der Waals surface area contributed by atoms with Crippen LogP contribution in [0.5, 0.6) is 0 Å². The first-order chi connectivity index (χ1) is 7.38. The van der Waals surface area contributed by atoms with Gasteiger partial charge in [-0.2, -0.15) is 5.26 Å². The van der Waals surface area contributed by atoms with Crippen LogP contribution in [0.25, 0.3) is 0 Å². The summed E-state index contributed by atoms with van der Waals surface area (Å²) < 4.78 is 5.28. The Morgan fingerprint density at radius 1 is 1.47 bits per heavy atom. The maximum absolute atomic E-state index is 8.71. The van der Waals surface area contributed by atoms with Crippen molar-refractivity contribution in [3.8, 4) is 6.07 Å². The van der Waals surface area contributed by atoms with Gasteiger partial charge in [0, 0.05) is 31.1 Å². The number of rotatable bonds is 2. The average Bonchev–Trinajstić information content (AvgIpc) is 2.31. The van der Waals surface area contributed by atoms with Gasteiger partial charge >= 0.3 is 0 Å². The average molecular weight is 203 g/mol. The smallest absolute Gasteiger partial charge is 0.142 e. The third kappa shape index (κ3) is 2.67. The highest BCUT2D eigenvalue weighted by molar-refractivity contribution is 5.46. The van der Waals surface area contributed by atoms with E-state index in [1.165, 1.54) is 0 Å². The topological polar surface area (TPSA) is 57.9 Å². The van der Waals surface area contributed by atoms with E-state index in [4.69, 9.17) is 10.00 Å². The lowest BCUT2D eigenvalue weighted by molar-refractivity contribution is 0.0904. The van der Waals surface area contributed by atoms with Crippen molar-refractivity contribution < 1.29 is 4.74 Å². The molecule has 0 aromatic carbocycles. The number of anilines is 1. The monoisotopic (exact) mass is 203 g/mol. The number of pyridine rings is 1. The Balaban J connectivity index is 2.00. The lowest BCUT2D eigenvalue weighted by Crippen LogP contribution is -2.27. The Morgan fingerprint density at radius 3 is 3.00 bits per heavy atom. The zero-order chi connectivity index (χ0) is 10.5. The minimum Gasteiger partial charge on any atom is -0.382 e. The molecular weight excluding hydrogens is 190 g/mol. The van der Waals surface area contributed by atoms with Gasteiger partial charge in [0.05, 0.1) is 0 Å². The van der Waals surface area contributed by atoms with Gasteiger partial charge in [0.15, 0.2) is 0 Å². The molecule has 1 aromatic heterocycles. The van der Waals surface area contributed by atoms with Crippen LogP contribution >= 0.6 is 0 Å². The van der Waals surface area contributed by atoms with E-state index in [-0.39, 0.29) is 0 Å². The van der Waals surface area contributed by atoms with E-state index in [1.54, 1.807) is 12.3 Å². The van der Waals surface area contributed by atoms with Crippen molar-refractivity contribution in [2.75, 3.05) is 18.5 Å². The zero-order valence-electron chi connectivity index (χ0n) is 8.44. The maximum Gasteiger partial charge on any atom is 0.142 e. The van der Waals surface area contributed by atoms with Gasteiger partial charge in [0.25, 0.3) is 0 Å². The molecule has 0 saturated carbocycles. The van der Waals surface area contributed by atoms with Crippen LogP contribution in [0.1, 0.15) is 18.5 Å². The summed E-state index contributed by atoms with van der Waals surface area (Å²) in [5, 5.41) is 12.1. The predicted molar refractivity (Wildman–Crippen MR) is 56.4 cm³/mol. The van der Waals surface area contributed by atoms with Crippen LogP contribution in [0.2, 0.25) is 0 Å². The second-order valence-electron chi connectivity index (χ2n) is 3.57. The first-order valence-electron chi connectivity index (χ1n) is 5.09. The molecule has 0 unspecified atom stereocenters. The Hall–Kier alpha value is -1.60. The Kier molecular flexibility index (Phi) is 3.15. The zero-order valence-corrected chi connectivity index (χ0v) is 8.44. The molecule has 2 rings (SSSR count). The molecule has 1 aromatic rings. The fourth-order valence-corrected chi connectivity index (χ4v) is 1.66. The fraction of sp³-hybridized carbons (Fsp3) is 0.455. The van der Waals surface area contributed by atoms with E-state index < -0.39 is 0 Å². The summed E-state index contributed by atoms with van der Waals surface area (Å²) in [4.78, 5) is 3.93. The fourth-order valence-electron chi connectivity index (χ4n) is 1.66. The van der Waals surface area contributed by atoms with Crippen molar-refractivity contribution in [3.05, 3.63) is 24.0 Å². The molecule has 0 amide bonds. The van der Waals surface area contributed by atoms with Crippen LogP contribution in [-0.4, -0.2) is 24.2 Å². The minimum absolute atomic E-state index is 0.451. The van der Waals surface area contributed by atoms with Gasteiger partial charge in [-0.15, -0.1) is 0 Å². The minimum atomic E-state index is 0.451.